The third kappa shape index (κ3) is 22.5. The average Bonchev–Trinajstić information content (AvgIpc) is 2.76. The molecule has 0 aliphatic rings. The van der Waals surface area contributed by atoms with Crippen LogP contribution in [-0.2, 0) is 9.47 Å². The van der Waals surface area contributed by atoms with Crippen LogP contribution in [0.5, 0.6) is 0 Å². The van der Waals surface area contributed by atoms with Crippen LogP contribution in [-0.4, -0.2) is 49.9 Å². The van der Waals surface area contributed by atoms with E-state index in [2.05, 4.69) is 6.92 Å². The molecule has 0 aliphatic heterocycles. The van der Waals surface area contributed by atoms with E-state index >= 15 is 0 Å². The van der Waals surface area contributed by atoms with Crippen molar-refractivity contribution in [2.75, 3.05) is 33.5 Å². The van der Waals surface area contributed by atoms with Gasteiger partial charge in [-0.1, -0.05) is 90.4 Å². The Morgan fingerprint density at radius 1 is 0.667 bits per heavy atom. The smallest absolute Gasteiger partial charge is 0.0776 e. The highest BCUT2D eigenvalue weighted by atomic mass is 16.5. The minimum atomic E-state index is -0.645. The number of unbranched alkanes of at least 4 members (excludes halogenated alkanes) is 13. The van der Waals surface area contributed by atoms with Crippen LogP contribution in [0.3, 0.4) is 0 Å². The van der Waals surface area contributed by atoms with Gasteiger partial charge in [0.1, 0.15) is 0 Å². The fraction of sp³-hybridized carbons (Fsp3) is 0.962. The Morgan fingerprint density at radius 2 is 1.17 bits per heavy atom. The van der Waals surface area contributed by atoms with Crippen molar-refractivity contribution in [3.05, 3.63) is 5.92 Å². The molecule has 0 saturated carbocycles. The van der Waals surface area contributed by atoms with Gasteiger partial charge < -0.3 is 19.7 Å². The number of methoxy groups -OCH3 is 1. The number of aliphatic hydroxyl groups excluding tert-OH is 2. The zero-order chi connectivity index (χ0) is 22.1. The normalized spacial score (nSPS) is 12.7. The van der Waals surface area contributed by atoms with Crippen LogP contribution >= 0.6 is 0 Å². The zero-order valence-corrected chi connectivity index (χ0v) is 20.3. The maximum Gasteiger partial charge on any atom is 0.0776 e. The Bertz CT molecular complexity index is 311. The molecule has 0 rings (SSSR count). The largest absolute Gasteiger partial charge is 0.394 e. The third-order valence-electron chi connectivity index (χ3n) is 5.86. The summed E-state index contributed by atoms with van der Waals surface area (Å²) in [5.41, 5.74) is 0. The molecule has 0 saturated heterocycles. The lowest BCUT2D eigenvalue weighted by Crippen LogP contribution is -2.17. The SMILES string of the molecule is CCCCCCCCCCCCCCCCOCCC[C](CCOC)CC(O)CO. The molecule has 4 nitrogen and oxygen atoms in total. The molecule has 1 atom stereocenters. The first-order chi connectivity index (χ1) is 14.7. The maximum atomic E-state index is 9.64. The lowest BCUT2D eigenvalue weighted by molar-refractivity contribution is 0.0852. The summed E-state index contributed by atoms with van der Waals surface area (Å²) in [6, 6.07) is 0. The number of aliphatic hydroxyl groups is 2. The molecular formula is C26H53O4. The van der Waals surface area contributed by atoms with E-state index < -0.39 is 6.10 Å². The summed E-state index contributed by atoms with van der Waals surface area (Å²) in [5.74, 6) is 1.26. The molecule has 0 aromatic rings. The second kappa shape index (κ2) is 25.1. The molecule has 0 aromatic carbocycles. The Labute approximate surface area is 188 Å². The molecule has 0 aliphatic carbocycles. The standard InChI is InChI=1S/C26H53O4/c1-3-4-5-6-7-8-9-10-11-12-13-14-15-16-20-30-21-17-18-25(19-22-29-2)23-26(28)24-27/h26-28H,3-24H2,1-2H3. The molecule has 0 fully saturated rings. The summed E-state index contributed by atoms with van der Waals surface area (Å²) in [6.07, 6.45) is 22.1. The van der Waals surface area contributed by atoms with Crippen LogP contribution in [0, 0.1) is 5.92 Å². The maximum absolute atomic E-state index is 9.64. The van der Waals surface area contributed by atoms with E-state index in [4.69, 9.17) is 14.6 Å². The Hall–Kier alpha value is -0.160. The van der Waals surface area contributed by atoms with E-state index in [0.717, 1.165) is 32.5 Å². The summed E-state index contributed by atoms with van der Waals surface area (Å²) in [4.78, 5) is 0. The van der Waals surface area contributed by atoms with Gasteiger partial charge in [-0.05, 0) is 38.0 Å². The van der Waals surface area contributed by atoms with E-state index in [1.165, 1.54) is 95.8 Å². The van der Waals surface area contributed by atoms with Crippen LogP contribution in [0.25, 0.3) is 0 Å². The summed E-state index contributed by atoms with van der Waals surface area (Å²) in [6.45, 7) is 4.43. The quantitative estimate of drug-likeness (QED) is 0.160. The summed E-state index contributed by atoms with van der Waals surface area (Å²) in [7, 11) is 1.69. The number of ether oxygens (including phenoxy) is 2. The third-order valence-corrected chi connectivity index (χ3v) is 5.86. The molecule has 2 N–H and O–H groups in total. The van der Waals surface area contributed by atoms with E-state index in [1.807, 2.05) is 0 Å². The van der Waals surface area contributed by atoms with E-state index in [0.29, 0.717) is 13.0 Å². The minimum absolute atomic E-state index is 0.174. The first kappa shape index (κ1) is 29.8. The van der Waals surface area contributed by atoms with E-state index in [9.17, 15) is 5.11 Å². The lowest BCUT2D eigenvalue weighted by Gasteiger charge is -2.18. The molecular weight excluding hydrogens is 376 g/mol. The fourth-order valence-electron chi connectivity index (χ4n) is 3.90. The summed E-state index contributed by atoms with van der Waals surface area (Å²) in [5, 5.41) is 18.7. The van der Waals surface area contributed by atoms with Crippen LogP contribution in [0.2, 0.25) is 0 Å². The van der Waals surface area contributed by atoms with Gasteiger partial charge in [-0.15, -0.1) is 0 Å². The number of hydrogen-bond donors (Lipinski definition) is 2. The van der Waals surface area contributed by atoms with Crippen molar-refractivity contribution in [2.45, 2.75) is 129 Å². The average molecular weight is 430 g/mol. The van der Waals surface area contributed by atoms with Gasteiger partial charge >= 0.3 is 0 Å². The first-order valence-corrected chi connectivity index (χ1v) is 12.9. The monoisotopic (exact) mass is 429 g/mol. The molecule has 1 radical (unpaired) electrons. The van der Waals surface area contributed by atoms with Crippen molar-refractivity contribution in [3.8, 4) is 0 Å². The second-order valence-corrected chi connectivity index (χ2v) is 8.85. The molecule has 0 amide bonds. The molecule has 0 heterocycles. The topological polar surface area (TPSA) is 58.9 Å². The molecule has 4 heteroatoms. The summed E-state index contributed by atoms with van der Waals surface area (Å²) >= 11 is 0. The van der Waals surface area contributed by atoms with Crippen molar-refractivity contribution in [2.24, 2.45) is 0 Å². The van der Waals surface area contributed by atoms with Gasteiger partial charge in [0, 0.05) is 26.9 Å². The van der Waals surface area contributed by atoms with Gasteiger partial charge in [0.15, 0.2) is 0 Å². The number of rotatable bonds is 25. The Kier molecular flexibility index (Phi) is 25.0. The van der Waals surface area contributed by atoms with Crippen LogP contribution < -0.4 is 0 Å². The number of hydrogen-bond acceptors (Lipinski definition) is 4. The van der Waals surface area contributed by atoms with Gasteiger partial charge in [0.2, 0.25) is 0 Å². The zero-order valence-electron chi connectivity index (χ0n) is 20.3. The Morgan fingerprint density at radius 3 is 1.67 bits per heavy atom. The minimum Gasteiger partial charge on any atom is -0.394 e. The molecule has 181 valence electrons. The molecule has 0 aromatic heterocycles. The highest BCUT2D eigenvalue weighted by molar-refractivity contribution is 4.91. The first-order valence-electron chi connectivity index (χ1n) is 12.9. The van der Waals surface area contributed by atoms with Crippen molar-refractivity contribution in [1.29, 1.82) is 0 Å². The van der Waals surface area contributed by atoms with E-state index in [-0.39, 0.29) is 6.61 Å². The molecule has 30 heavy (non-hydrogen) atoms. The van der Waals surface area contributed by atoms with Gasteiger partial charge in [-0.2, -0.15) is 0 Å². The fourth-order valence-corrected chi connectivity index (χ4v) is 3.90. The van der Waals surface area contributed by atoms with Gasteiger partial charge in [0.25, 0.3) is 0 Å². The highest BCUT2D eigenvalue weighted by Gasteiger charge is 2.14. The predicted molar refractivity (Wildman–Crippen MR) is 128 cm³/mol. The highest BCUT2D eigenvalue weighted by Crippen LogP contribution is 2.20. The van der Waals surface area contributed by atoms with Crippen LogP contribution in [0.15, 0.2) is 0 Å². The van der Waals surface area contributed by atoms with Crippen molar-refractivity contribution < 1.29 is 19.7 Å². The van der Waals surface area contributed by atoms with Crippen molar-refractivity contribution in [1.82, 2.24) is 0 Å². The Balaban J connectivity index is 3.31. The summed E-state index contributed by atoms with van der Waals surface area (Å²) < 4.78 is 10.9. The van der Waals surface area contributed by atoms with Gasteiger partial charge in [-0.3, -0.25) is 0 Å². The molecule has 0 bridgehead atoms. The molecule has 0 spiro atoms. The second-order valence-electron chi connectivity index (χ2n) is 8.85. The van der Waals surface area contributed by atoms with Crippen molar-refractivity contribution in [3.63, 3.8) is 0 Å². The van der Waals surface area contributed by atoms with Crippen LogP contribution in [0.1, 0.15) is 122 Å². The van der Waals surface area contributed by atoms with Crippen LogP contribution in [0.4, 0.5) is 0 Å². The van der Waals surface area contributed by atoms with Gasteiger partial charge in [-0.25, -0.2) is 0 Å². The molecule has 1 unspecified atom stereocenters. The van der Waals surface area contributed by atoms with E-state index in [1.54, 1.807) is 7.11 Å². The predicted octanol–water partition coefficient (Wildman–Crippen LogP) is 6.62. The van der Waals surface area contributed by atoms with Crippen molar-refractivity contribution >= 4 is 0 Å². The lowest BCUT2D eigenvalue weighted by atomic mass is 9.93. The van der Waals surface area contributed by atoms with Gasteiger partial charge in [0.05, 0.1) is 12.7 Å².